The van der Waals surface area contributed by atoms with Crippen LogP contribution in [0.15, 0.2) is 78.9 Å². The second kappa shape index (κ2) is 12.7. The standard InChI is InChI=1S/C37H45N3O6/c1-5-12-25(3)38-21-11-20-37-31(34(43)40(32(37)35(38)44)28(24-41)23-26-13-8-7-9-14-26)30-33(42)39(22-10-19-36(30,4)46-37)27-15-17-29(18-16-27)45-6-2/h7-11,13-20,25,28,30-32,41H,5-6,12,21-24H2,1-4H3/t25?,28-,30-,31+,32?,36+,37+/m1/s1. The summed E-state index contributed by atoms with van der Waals surface area (Å²) in [6, 6.07) is 15.2. The van der Waals surface area contributed by atoms with E-state index in [9.17, 15) is 19.5 Å². The number of hydrogen-bond donors (Lipinski definition) is 1. The van der Waals surface area contributed by atoms with Gasteiger partial charge in [-0.15, -0.1) is 0 Å². The molecule has 4 heterocycles. The van der Waals surface area contributed by atoms with Crippen molar-refractivity contribution in [3.05, 3.63) is 84.5 Å². The summed E-state index contributed by atoms with van der Waals surface area (Å²) in [5.74, 6) is -1.95. The molecule has 6 rings (SSSR count). The van der Waals surface area contributed by atoms with Crippen molar-refractivity contribution in [2.24, 2.45) is 11.8 Å². The van der Waals surface area contributed by atoms with Gasteiger partial charge in [-0.1, -0.05) is 68.0 Å². The third-order valence-corrected chi connectivity index (χ3v) is 10.1. The van der Waals surface area contributed by atoms with Gasteiger partial charge in [0, 0.05) is 24.8 Å². The van der Waals surface area contributed by atoms with Gasteiger partial charge in [0.1, 0.15) is 17.4 Å². The lowest BCUT2D eigenvalue weighted by atomic mass is 9.74. The van der Waals surface area contributed by atoms with Gasteiger partial charge in [0.2, 0.25) is 17.7 Å². The predicted octanol–water partition coefficient (Wildman–Crippen LogP) is 4.15. The molecule has 4 aliphatic heterocycles. The predicted molar refractivity (Wildman–Crippen MR) is 175 cm³/mol. The highest BCUT2D eigenvalue weighted by atomic mass is 16.5. The summed E-state index contributed by atoms with van der Waals surface area (Å²) < 4.78 is 12.6. The Hall–Kier alpha value is -3.95. The van der Waals surface area contributed by atoms with E-state index in [2.05, 4.69) is 6.92 Å². The zero-order chi connectivity index (χ0) is 32.6. The summed E-state index contributed by atoms with van der Waals surface area (Å²) >= 11 is 0. The largest absolute Gasteiger partial charge is 0.494 e. The highest BCUT2D eigenvalue weighted by molar-refractivity contribution is 6.04. The Morgan fingerprint density at radius 1 is 0.935 bits per heavy atom. The zero-order valence-corrected chi connectivity index (χ0v) is 27.2. The molecule has 0 aromatic heterocycles. The van der Waals surface area contributed by atoms with Gasteiger partial charge in [-0.05, 0) is 63.4 Å². The van der Waals surface area contributed by atoms with Crippen LogP contribution in [-0.2, 0) is 25.5 Å². The topological polar surface area (TPSA) is 99.6 Å². The first-order chi connectivity index (χ1) is 22.2. The summed E-state index contributed by atoms with van der Waals surface area (Å²) in [6.07, 6.45) is 9.66. The molecule has 46 heavy (non-hydrogen) atoms. The number of carbonyl (C=O) groups excluding carboxylic acids is 3. The number of likely N-dealkylation sites (tertiary alicyclic amines) is 1. The lowest BCUT2D eigenvalue weighted by molar-refractivity contribution is -0.155. The van der Waals surface area contributed by atoms with Gasteiger partial charge in [-0.25, -0.2) is 0 Å². The molecule has 3 amide bonds. The van der Waals surface area contributed by atoms with Crippen LogP contribution in [0.4, 0.5) is 5.69 Å². The van der Waals surface area contributed by atoms with E-state index in [4.69, 9.17) is 9.47 Å². The van der Waals surface area contributed by atoms with Gasteiger partial charge in [-0.2, -0.15) is 0 Å². The Morgan fingerprint density at radius 2 is 1.65 bits per heavy atom. The summed E-state index contributed by atoms with van der Waals surface area (Å²) in [5.41, 5.74) is -0.897. The van der Waals surface area contributed by atoms with Crippen LogP contribution in [0.1, 0.15) is 46.1 Å². The molecule has 0 aliphatic carbocycles. The van der Waals surface area contributed by atoms with Crippen LogP contribution in [0.25, 0.3) is 0 Å². The number of aliphatic hydroxyl groups excluding tert-OH is 1. The van der Waals surface area contributed by atoms with Crippen LogP contribution in [-0.4, -0.2) is 88.3 Å². The Balaban J connectivity index is 1.45. The molecule has 2 aromatic carbocycles. The third-order valence-electron chi connectivity index (χ3n) is 10.1. The number of hydrogen-bond acceptors (Lipinski definition) is 6. The van der Waals surface area contributed by atoms with Crippen LogP contribution in [0, 0.1) is 11.8 Å². The minimum absolute atomic E-state index is 0.0610. The monoisotopic (exact) mass is 627 g/mol. The molecule has 1 spiro atoms. The number of carbonyl (C=O) groups is 3. The molecule has 0 radical (unpaired) electrons. The SMILES string of the molecule is CCCC(C)N1CC=C[C@]23O[C@@]4(C)C=CCN(c5ccc(OCC)cc5)C(=O)[C@H]4[C@H]2C(=O)N([C@@H](CO)Cc2ccccc2)C3C1=O. The summed E-state index contributed by atoms with van der Waals surface area (Å²) in [5, 5.41) is 10.8. The van der Waals surface area contributed by atoms with Crippen molar-refractivity contribution >= 4 is 23.4 Å². The molecule has 2 saturated heterocycles. The van der Waals surface area contributed by atoms with Gasteiger partial charge in [-0.3, -0.25) is 14.4 Å². The Bertz CT molecular complexity index is 1510. The molecule has 9 heteroatoms. The van der Waals surface area contributed by atoms with E-state index in [-0.39, 0.29) is 30.4 Å². The van der Waals surface area contributed by atoms with Crippen molar-refractivity contribution in [1.82, 2.24) is 9.80 Å². The Kier molecular flexibility index (Phi) is 8.83. The molecule has 2 unspecified atom stereocenters. The highest BCUT2D eigenvalue weighted by Crippen LogP contribution is 2.58. The summed E-state index contributed by atoms with van der Waals surface area (Å²) in [4.78, 5) is 49.4. The minimum atomic E-state index is -1.39. The van der Waals surface area contributed by atoms with Crippen molar-refractivity contribution in [2.75, 3.05) is 31.2 Å². The Morgan fingerprint density at radius 3 is 2.33 bits per heavy atom. The first-order valence-corrected chi connectivity index (χ1v) is 16.6. The number of nitrogens with zero attached hydrogens (tertiary/aromatic N) is 3. The van der Waals surface area contributed by atoms with Gasteiger partial charge in [0.05, 0.1) is 36.7 Å². The van der Waals surface area contributed by atoms with Crippen LogP contribution in [0.2, 0.25) is 0 Å². The highest BCUT2D eigenvalue weighted by Gasteiger charge is 2.75. The van der Waals surface area contributed by atoms with Crippen LogP contribution in [0.3, 0.4) is 0 Å². The van der Waals surface area contributed by atoms with E-state index in [1.807, 2.05) is 105 Å². The maximum Gasteiger partial charge on any atom is 0.249 e. The van der Waals surface area contributed by atoms with Crippen molar-refractivity contribution in [3.8, 4) is 5.75 Å². The van der Waals surface area contributed by atoms with Crippen molar-refractivity contribution in [3.63, 3.8) is 0 Å². The molecule has 2 fully saturated rings. The Labute approximate surface area is 271 Å². The van der Waals surface area contributed by atoms with Gasteiger partial charge >= 0.3 is 0 Å². The normalized spacial score (nSPS) is 30.1. The summed E-state index contributed by atoms with van der Waals surface area (Å²) in [6.45, 7) is 8.77. The first kappa shape index (κ1) is 32.0. The number of aliphatic hydroxyl groups is 1. The molecule has 244 valence electrons. The molecule has 0 saturated carbocycles. The van der Waals surface area contributed by atoms with E-state index in [1.165, 1.54) is 0 Å². The molecule has 2 aromatic rings. The van der Waals surface area contributed by atoms with Gasteiger partial charge in [0.25, 0.3) is 0 Å². The maximum atomic E-state index is 14.9. The van der Waals surface area contributed by atoms with Crippen LogP contribution >= 0.6 is 0 Å². The number of amides is 3. The lowest BCUT2D eigenvalue weighted by Gasteiger charge is -2.41. The number of rotatable bonds is 10. The average Bonchev–Trinajstić information content (AvgIpc) is 3.32. The molecule has 4 aliphatic rings. The lowest BCUT2D eigenvalue weighted by Crippen LogP contribution is -2.60. The quantitative estimate of drug-likeness (QED) is 0.398. The summed E-state index contributed by atoms with van der Waals surface area (Å²) in [7, 11) is 0. The minimum Gasteiger partial charge on any atom is -0.494 e. The number of anilines is 1. The smallest absolute Gasteiger partial charge is 0.249 e. The molecular weight excluding hydrogens is 582 g/mol. The van der Waals surface area contributed by atoms with Crippen molar-refractivity contribution < 1.29 is 29.0 Å². The van der Waals surface area contributed by atoms with E-state index < -0.39 is 35.1 Å². The number of fused-ring (bicyclic) bond motifs is 2. The average molecular weight is 628 g/mol. The first-order valence-electron chi connectivity index (χ1n) is 16.6. The molecular formula is C37H45N3O6. The van der Waals surface area contributed by atoms with Gasteiger partial charge < -0.3 is 29.3 Å². The van der Waals surface area contributed by atoms with E-state index in [0.717, 1.165) is 18.4 Å². The van der Waals surface area contributed by atoms with Crippen molar-refractivity contribution in [2.45, 2.75) is 76.3 Å². The maximum absolute atomic E-state index is 14.9. The molecule has 7 atom stereocenters. The molecule has 1 N–H and O–H groups in total. The molecule has 0 bridgehead atoms. The van der Waals surface area contributed by atoms with E-state index in [0.29, 0.717) is 37.6 Å². The third kappa shape index (κ3) is 5.23. The van der Waals surface area contributed by atoms with Crippen molar-refractivity contribution in [1.29, 1.82) is 0 Å². The zero-order valence-electron chi connectivity index (χ0n) is 27.2. The van der Waals surface area contributed by atoms with E-state index >= 15 is 0 Å². The fourth-order valence-electron chi connectivity index (χ4n) is 8.10. The second-order valence-electron chi connectivity index (χ2n) is 13.1. The fraction of sp³-hybridized carbons (Fsp3) is 0.486. The fourth-order valence-corrected chi connectivity index (χ4v) is 8.10. The van der Waals surface area contributed by atoms with Crippen LogP contribution < -0.4 is 9.64 Å². The number of benzene rings is 2. The van der Waals surface area contributed by atoms with Crippen LogP contribution in [0.5, 0.6) is 5.75 Å². The van der Waals surface area contributed by atoms with E-state index in [1.54, 1.807) is 9.80 Å². The molecule has 9 nitrogen and oxygen atoms in total. The number of ether oxygens (including phenoxy) is 2. The van der Waals surface area contributed by atoms with Gasteiger partial charge in [0.15, 0.2) is 0 Å². The second-order valence-corrected chi connectivity index (χ2v) is 13.1.